The largest absolute Gasteiger partial charge is 0.385 e. The van der Waals surface area contributed by atoms with Crippen LogP contribution < -0.4 is 11.1 Å². The van der Waals surface area contributed by atoms with Crippen molar-refractivity contribution in [1.82, 2.24) is 0 Å². The van der Waals surface area contributed by atoms with Crippen LogP contribution in [0.1, 0.15) is 31.4 Å². The minimum Gasteiger partial charge on any atom is -0.385 e. The fourth-order valence-corrected chi connectivity index (χ4v) is 1.61. The fraction of sp³-hybridized carbons (Fsp3) is 0.571. The zero-order valence-corrected chi connectivity index (χ0v) is 10.7. The van der Waals surface area contributed by atoms with Gasteiger partial charge in [0.15, 0.2) is 0 Å². The van der Waals surface area contributed by atoms with Crippen LogP contribution in [0.4, 0.5) is 5.69 Å². The van der Waals surface area contributed by atoms with Crippen LogP contribution in [0.15, 0.2) is 18.2 Å². The van der Waals surface area contributed by atoms with Crippen LogP contribution in [0, 0.1) is 12.8 Å². The van der Waals surface area contributed by atoms with Crippen LogP contribution in [0.5, 0.6) is 0 Å². The van der Waals surface area contributed by atoms with Crippen LogP contribution >= 0.6 is 0 Å². The first-order chi connectivity index (χ1) is 7.67. The summed E-state index contributed by atoms with van der Waals surface area (Å²) in [4.78, 5) is 0. The van der Waals surface area contributed by atoms with Crippen molar-refractivity contribution < 1.29 is 0 Å². The van der Waals surface area contributed by atoms with Gasteiger partial charge in [-0.15, -0.1) is 0 Å². The number of aryl methyl sites for hydroxylation is 1. The Hall–Kier alpha value is -1.02. The number of rotatable bonds is 6. The van der Waals surface area contributed by atoms with Gasteiger partial charge in [0.25, 0.3) is 0 Å². The molecule has 0 amide bonds. The van der Waals surface area contributed by atoms with Gasteiger partial charge >= 0.3 is 0 Å². The summed E-state index contributed by atoms with van der Waals surface area (Å²) in [5.74, 6) is 0.720. The van der Waals surface area contributed by atoms with Crippen LogP contribution in [0.2, 0.25) is 0 Å². The van der Waals surface area contributed by atoms with Gasteiger partial charge in [-0.1, -0.05) is 32.4 Å². The predicted molar refractivity (Wildman–Crippen MR) is 71.9 cm³/mol. The van der Waals surface area contributed by atoms with E-state index >= 15 is 0 Å². The summed E-state index contributed by atoms with van der Waals surface area (Å²) in [5.41, 5.74) is 9.46. The maximum absolute atomic E-state index is 5.57. The molecular formula is C14H24N2. The molecule has 0 bridgehead atoms. The van der Waals surface area contributed by atoms with E-state index in [0.29, 0.717) is 6.54 Å². The second kappa shape index (κ2) is 6.54. The quantitative estimate of drug-likeness (QED) is 0.773. The smallest absolute Gasteiger partial charge is 0.0372 e. The highest BCUT2D eigenvalue weighted by Gasteiger charge is 2.02. The van der Waals surface area contributed by atoms with Crippen molar-refractivity contribution in [3.63, 3.8) is 0 Å². The zero-order chi connectivity index (χ0) is 12.0. The molecule has 1 aromatic carbocycles. The van der Waals surface area contributed by atoms with Crippen LogP contribution in [-0.2, 0) is 6.42 Å². The molecule has 0 spiro atoms. The molecule has 1 aromatic rings. The average Bonchev–Trinajstić information content (AvgIpc) is 2.29. The Morgan fingerprint density at radius 3 is 2.75 bits per heavy atom. The number of nitrogens with one attached hydrogen (secondary N) is 1. The van der Waals surface area contributed by atoms with E-state index in [1.165, 1.54) is 23.2 Å². The molecule has 0 aliphatic heterocycles. The molecule has 1 atom stereocenters. The van der Waals surface area contributed by atoms with Gasteiger partial charge in [-0.05, 0) is 43.0 Å². The Morgan fingerprint density at radius 2 is 2.12 bits per heavy atom. The second-order valence-electron chi connectivity index (χ2n) is 4.58. The highest BCUT2D eigenvalue weighted by atomic mass is 14.9. The standard InChI is InChI=1S/C14H24N2/c1-4-11(2)10-16-14-9-13(7-8-15)6-5-12(14)3/h5-6,9,11,16H,4,7-8,10,15H2,1-3H3. The molecule has 0 saturated carbocycles. The van der Waals surface area contributed by atoms with Gasteiger partial charge < -0.3 is 11.1 Å². The third-order valence-corrected chi connectivity index (χ3v) is 3.07. The molecular weight excluding hydrogens is 196 g/mol. The van der Waals surface area contributed by atoms with Gasteiger partial charge in [0.05, 0.1) is 0 Å². The first-order valence-corrected chi connectivity index (χ1v) is 6.20. The van der Waals surface area contributed by atoms with Crippen LogP contribution in [-0.4, -0.2) is 13.1 Å². The monoisotopic (exact) mass is 220 g/mol. The highest BCUT2D eigenvalue weighted by Crippen LogP contribution is 2.18. The summed E-state index contributed by atoms with van der Waals surface area (Å²) in [5, 5.41) is 3.52. The Labute approximate surface area is 99.2 Å². The first-order valence-electron chi connectivity index (χ1n) is 6.20. The molecule has 90 valence electrons. The van der Waals surface area contributed by atoms with E-state index in [9.17, 15) is 0 Å². The molecule has 0 aromatic heterocycles. The van der Waals surface area contributed by atoms with E-state index in [2.05, 4.69) is 44.3 Å². The molecule has 16 heavy (non-hydrogen) atoms. The molecule has 2 nitrogen and oxygen atoms in total. The molecule has 0 aliphatic rings. The summed E-state index contributed by atoms with van der Waals surface area (Å²) in [6.07, 6.45) is 2.17. The first kappa shape index (κ1) is 13.0. The number of hydrogen-bond acceptors (Lipinski definition) is 2. The lowest BCUT2D eigenvalue weighted by molar-refractivity contribution is 0.593. The van der Waals surface area contributed by atoms with E-state index in [1.807, 2.05) is 0 Å². The number of hydrogen-bond donors (Lipinski definition) is 2. The van der Waals surface area contributed by atoms with Gasteiger partial charge in [-0.25, -0.2) is 0 Å². The van der Waals surface area contributed by atoms with E-state index in [4.69, 9.17) is 5.73 Å². The van der Waals surface area contributed by atoms with E-state index in [1.54, 1.807) is 0 Å². The molecule has 0 heterocycles. The summed E-state index contributed by atoms with van der Waals surface area (Å²) in [7, 11) is 0. The molecule has 0 radical (unpaired) electrons. The fourth-order valence-electron chi connectivity index (χ4n) is 1.61. The van der Waals surface area contributed by atoms with Gasteiger partial charge in [-0.2, -0.15) is 0 Å². The summed E-state index contributed by atoms with van der Waals surface area (Å²) >= 11 is 0. The average molecular weight is 220 g/mol. The van der Waals surface area contributed by atoms with Crippen molar-refractivity contribution >= 4 is 5.69 Å². The predicted octanol–water partition coefficient (Wildman–Crippen LogP) is 2.95. The number of benzene rings is 1. The zero-order valence-electron chi connectivity index (χ0n) is 10.7. The molecule has 0 fully saturated rings. The third kappa shape index (κ3) is 3.86. The van der Waals surface area contributed by atoms with Crippen LogP contribution in [0.3, 0.4) is 0 Å². The number of nitrogens with two attached hydrogens (primary N) is 1. The number of anilines is 1. The van der Waals surface area contributed by atoms with Crippen molar-refractivity contribution in [2.75, 3.05) is 18.4 Å². The van der Waals surface area contributed by atoms with Crippen molar-refractivity contribution in [1.29, 1.82) is 0 Å². The van der Waals surface area contributed by atoms with Crippen molar-refractivity contribution in [3.8, 4) is 0 Å². The second-order valence-corrected chi connectivity index (χ2v) is 4.58. The normalized spacial score (nSPS) is 12.5. The van der Waals surface area contributed by atoms with Crippen molar-refractivity contribution in [2.24, 2.45) is 11.7 Å². The molecule has 3 N–H and O–H groups in total. The molecule has 1 rings (SSSR count). The Bertz CT molecular complexity index is 321. The minimum atomic E-state index is 0.716. The molecule has 1 unspecified atom stereocenters. The summed E-state index contributed by atoms with van der Waals surface area (Å²) < 4.78 is 0. The van der Waals surface area contributed by atoms with Gasteiger partial charge in [0.2, 0.25) is 0 Å². The van der Waals surface area contributed by atoms with E-state index in [-0.39, 0.29) is 0 Å². The Kier molecular flexibility index (Phi) is 5.33. The molecule has 2 heteroatoms. The third-order valence-electron chi connectivity index (χ3n) is 3.07. The topological polar surface area (TPSA) is 38.0 Å². The SMILES string of the molecule is CCC(C)CNc1cc(CCN)ccc1C. The lowest BCUT2D eigenvalue weighted by atomic mass is 10.1. The lowest BCUT2D eigenvalue weighted by Crippen LogP contribution is -2.11. The van der Waals surface area contributed by atoms with Gasteiger partial charge in [0.1, 0.15) is 0 Å². The maximum atomic E-state index is 5.57. The van der Waals surface area contributed by atoms with E-state index < -0.39 is 0 Å². The molecule has 0 saturated heterocycles. The lowest BCUT2D eigenvalue weighted by Gasteiger charge is -2.14. The van der Waals surface area contributed by atoms with Crippen molar-refractivity contribution in [2.45, 2.75) is 33.6 Å². The summed E-state index contributed by atoms with van der Waals surface area (Å²) in [6.45, 7) is 8.40. The Balaban J connectivity index is 2.66. The van der Waals surface area contributed by atoms with E-state index in [0.717, 1.165) is 18.9 Å². The summed E-state index contributed by atoms with van der Waals surface area (Å²) in [6, 6.07) is 6.56. The van der Waals surface area contributed by atoms with Gasteiger partial charge in [0, 0.05) is 12.2 Å². The highest BCUT2D eigenvalue weighted by molar-refractivity contribution is 5.52. The van der Waals surface area contributed by atoms with Crippen LogP contribution in [0.25, 0.3) is 0 Å². The maximum Gasteiger partial charge on any atom is 0.0372 e. The van der Waals surface area contributed by atoms with Crippen molar-refractivity contribution in [3.05, 3.63) is 29.3 Å². The minimum absolute atomic E-state index is 0.716. The van der Waals surface area contributed by atoms with Gasteiger partial charge in [-0.3, -0.25) is 0 Å². The molecule has 0 aliphatic carbocycles. The Morgan fingerprint density at radius 1 is 1.38 bits per heavy atom.